The van der Waals surface area contributed by atoms with E-state index < -0.39 is 0 Å². The Morgan fingerprint density at radius 2 is 1.33 bits per heavy atom. The fraction of sp³-hybridized carbons (Fsp3) is 0.174. The lowest BCUT2D eigenvalue weighted by molar-refractivity contribution is -0.129. The molecular weight excluding hydrogens is 418 g/mol. The summed E-state index contributed by atoms with van der Waals surface area (Å²) in [5.74, 6) is 1.48. The van der Waals surface area contributed by atoms with Crippen LogP contribution < -0.4 is 0 Å². The van der Waals surface area contributed by atoms with E-state index in [9.17, 15) is 4.79 Å². The number of thioether (sulfide) groups is 1. The molecule has 0 bridgehead atoms. The van der Waals surface area contributed by atoms with E-state index in [0.29, 0.717) is 18.8 Å². The lowest BCUT2D eigenvalue weighted by atomic mass is 10.1. The standard InChI is InChI=1S/C23H22BrNOS/c24-22-13-7-12-21(14-22)17-27-18-23(26)25(15-19-8-3-1-4-9-19)16-20-10-5-2-6-11-20/h1-14H,15-18H2. The predicted molar refractivity (Wildman–Crippen MR) is 117 cm³/mol. The molecule has 1 amide bonds. The first-order valence-corrected chi connectivity index (χ1v) is 10.8. The molecule has 3 aromatic rings. The Hall–Kier alpha value is -2.04. The second-order valence-electron chi connectivity index (χ2n) is 6.34. The van der Waals surface area contributed by atoms with Crippen molar-refractivity contribution < 1.29 is 4.79 Å². The fourth-order valence-electron chi connectivity index (χ4n) is 2.81. The number of rotatable bonds is 8. The zero-order valence-electron chi connectivity index (χ0n) is 15.1. The first-order valence-electron chi connectivity index (χ1n) is 8.88. The smallest absolute Gasteiger partial charge is 0.233 e. The van der Waals surface area contributed by atoms with Crippen molar-refractivity contribution in [2.24, 2.45) is 0 Å². The number of halogens is 1. The Labute approximate surface area is 173 Å². The maximum absolute atomic E-state index is 12.9. The minimum atomic E-state index is 0.169. The van der Waals surface area contributed by atoms with Crippen LogP contribution >= 0.6 is 27.7 Å². The van der Waals surface area contributed by atoms with E-state index in [1.165, 1.54) is 5.56 Å². The van der Waals surface area contributed by atoms with Crippen molar-refractivity contribution in [1.29, 1.82) is 0 Å². The van der Waals surface area contributed by atoms with Crippen LogP contribution in [0.1, 0.15) is 16.7 Å². The average molecular weight is 440 g/mol. The van der Waals surface area contributed by atoms with Gasteiger partial charge in [-0.15, -0.1) is 11.8 Å². The Morgan fingerprint density at radius 1 is 0.778 bits per heavy atom. The lowest BCUT2D eigenvalue weighted by Crippen LogP contribution is -2.31. The van der Waals surface area contributed by atoms with Crippen molar-refractivity contribution in [3.63, 3.8) is 0 Å². The highest BCUT2D eigenvalue weighted by atomic mass is 79.9. The highest BCUT2D eigenvalue weighted by molar-refractivity contribution is 9.10. The molecule has 138 valence electrons. The van der Waals surface area contributed by atoms with Gasteiger partial charge < -0.3 is 4.90 Å². The van der Waals surface area contributed by atoms with E-state index in [-0.39, 0.29) is 5.91 Å². The first kappa shape index (κ1) is 19.7. The molecule has 0 aliphatic rings. The molecule has 2 nitrogen and oxygen atoms in total. The van der Waals surface area contributed by atoms with Crippen molar-refractivity contribution in [1.82, 2.24) is 4.90 Å². The van der Waals surface area contributed by atoms with Crippen LogP contribution in [0.25, 0.3) is 0 Å². The molecule has 0 aromatic heterocycles. The van der Waals surface area contributed by atoms with Crippen LogP contribution in [-0.2, 0) is 23.6 Å². The molecule has 0 fully saturated rings. The minimum Gasteiger partial charge on any atom is -0.333 e. The van der Waals surface area contributed by atoms with Gasteiger partial charge in [0.15, 0.2) is 0 Å². The molecule has 0 spiro atoms. The summed E-state index contributed by atoms with van der Waals surface area (Å²) in [6.45, 7) is 1.26. The van der Waals surface area contributed by atoms with Gasteiger partial charge in [-0.25, -0.2) is 0 Å². The summed E-state index contributed by atoms with van der Waals surface area (Å²) in [7, 11) is 0. The van der Waals surface area contributed by atoms with Crippen LogP contribution in [0, 0.1) is 0 Å². The Morgan fingerprint density at radius 3 is 1.89 bits per heavy atom. The molecule has 4 heteroatoms. The van der Waals surface area contributed by atoms with Gasteiger partial charge in [0.05, 0.1) is 5.75 Å². The Balaban J connectivity index is 1.62. The maximum atomic E-state index is 12.9. The molecule has 3 aromatic carbocycles. The Bertz CT molecular complexity index is 813. The highest BCUT2D eigenvalue weighted by Crippen LogP contribution is 2.18. The summed E-state index contributed by atoms with van der Waals surface area (Å²) in [6, 6.07) is 28.6. The molecule has 0 aliphatic carbocycles. The van der Waals surface area contributed by atoms with E-state index >= 15 is 0 Å². The number of carbonyl (C=O) groups excluding carboxylic acids is 1. The third-order valence-electron chi connectivity index (χ3n) is 4.17. The van der Waals surface area contributed by atoms with Gasteiger partial charge in [-0.2, -0.15) is 0 Å². The fourth-order valence-corrected chi connectivity index (χ4v) is 4.14. The summed E-state index contributed by atoms with van der Waals surface area (Å²) in [4.78, 5) is 14.8. The molecular formula is C23H22BrNOS. The summed E-state index contributed by atoms with van der Waals surface area (Å²) >= 11 is 5.16. The average Bonchev–Trinajstić information content (AvgIpc) is 2.69. The quantitative estimate of drug-likeness (QED) is 0.434. The zero-order valence-corrected chi connectivity index (χ0v) is 17.5. The molecule has 0 aliphatic heterocycles. The SMILES string of the molecule is O=C(CSCc1cccc(Br)c1)N(Cc1ccccc1)Cc1ccccc1. The van der Waals surface area contributed by atoms with E-state index in [1.807, 2.05) is 53.4 Å². The topological polar surface area (TPSA) is 20.3 Å². The van der Waals surface area contributed by atoms with E-state index in [0.717, 1.165) is 21.4 Å². The van der Waals surface area contributed by atoms with Gasteiger partial charge in [-0.3, -0.25) is 4.79 Å². The zero-order chi connectivity index (χ0) is 18.9. The van der Waals surface area contributed by atoms with E-state index in [4.69, 9.17) is 0 Å². The van der Waals surface area contributed by atoms with E-state index in [1.54, 1.807) is 11.8 Å². The summed E-state index contributed by atoms with van der Waals surface area (Å²) in [5, 5.41) is 0. The molecule has 0 saturated heterocycles. The van der Waals surface area contributed by atoms with Crippen molar-refractivity contribution in [2.75, 3.05) is 5.75 Å². The molecule has 27 heavy (non-hydrogen) atoms. The van der Waals surface area contributed by atoms with E-state index in [2.05, 4.69) is 52.3 Å². The van der Waals surface area contributed by atoms with Gasteiger partial charge in [-0.1, -0.05) is 88.7 Å². The molecule has 0 heterocycles. The number of amides is 1. The lowest BCUT2D eigenvalue weighted by Gasteiger charge is -2.23. The maximum Gasteiger partial charge on any atom is 0.233 e. The summed E-state index contributed by atoms with van der Waals surface area (Å²) in [6.07, 6.45) is 0. The highest BCUT2D eigenvalue weighted by Gasteiger charge is 2.15. The van der Waals surface area contributed by atoms with Crippen LogP contribution in [0.15, 0.2) is 89.4 Å². The summed E-state index contributed by atoms with van der Waals surface area (Å²) < 4.78 is 1.07. The van der Waals surface area contributed by atoms with Crippen molar-refractivity contribution >= 4 is 33.6 Å². The Kier molecular flexibility index (Phi) is 7.55. The molecule has 3 rings (SSSR count). The van der Waals surface area contributed by atoms with Gasteiger partial charge in [0.1, 0.15) is 0 Å². The number of hydrogen-bond acceptors (Lipinski definition) is 2. The van der Waals surface area contributed by atoms with Crippen LogP contribution in [0.4, 0.5) is 0 Å². The first-order chi connectivity index (χ1) is 13.2. The summed E-state index contributed by atoms with van der Waals surface area (Å²) in [5.41, 5.74) is 3.53. The van der Waals surface area contributed by atoms with Gasteiger partial charge >= 0.3 is 0 Å². The van der Waals surface area contributed by atoms with Crippen molar-refractivity contribution in [3.05, 3.63) is 106 Å². The van der Waals surface area contributed by atoms with Crippen molar-refractivity contribution in [2.45, 2.75) is 18.8 Å². The number of carbonyl (C=O) groups is 1. The second-order valence-corrected chi connectivity index (χ2v) is 8.24. The van der Waals surface area contributed by atoms with Gasteiger partial charge in [0, 0.05) is 23.3 Å². The largest absolute Gasteiger partial charge is 0.333 e. The van der Waals surface area contributed by atoms with Gasteiger partial charge in [-0.05, 0) is 28.8 Å². The second kappa shape index (κ2) is 10.3. The molecule has 0 atom stereocenters. The number of nitrogens with zero attached hydrogens (tertiary/aromatic N) is 1. The number of hydrogen-bond donors (Lipinski definition) is 0. The normalized spacial score (nSPS) is 10.6. The monoisotopic (exact) mass is 439 g/mol. The van der Waals surface area contributed by atoms with Crippen LogP contribution in [-0.4, -0.2) is 16.6 Å². The van der Waals surface area contributed by atoms with Gasteiger partial charge in [0.25, 0.3) is 0 Å². The molecule has 0 saturated carbocycles. The van der Waals surface area contributed by atoms with Crippen LogP contribution in [0.5, 0.6) is 0 Å². The van der Waals surface area contributed by atoms with Crippen molar-refractivity contribution in [3.8, 4) is 0 Å². The van der Waals surface area contributed by atoms with Crippen LogP contribution in [0.3, 0.4) is 0 Å². The molecule has 0 unspecified atom stereocenters. The molecule has 0 N–H and O–H groups in total. The third kappa shape index (κ3) is 6.56. The predicted octanol–water partition coefficient (Wildman–Crippen LogP) is 5.91. The minimum absolute atomic E-state index is 0.169. The van der Waals surface area contributed by atoms with Gasteiger partial charge in [0.2, 0.25) is 5.91 Å². The van der Waals surface area contributed by atoms with Crippen LogP contribution in [0.2, 0.25) is 0 Å². The third-order valence-corrected chi connectivity index (χ3v) is 5.65. The molecule has 0 radical (unpaired) electrons. The number of benzene rings is 3.